The number of hydrogen-bond acceptors (Lipinski definition) is 5. The molecule has 2 heterocycles. The van der Waals surface area contributed by atoms with Gasteiger partial charge in [-0.05, 0) is 59.2 Å². The van der Waals surface area contributed by atoms with Gasteiger partial charge in [0.05, 0.1) is 39.5 Å². The molecule has 0 bridgehead atoms. The van der Waals surface area contributed by atoms with Crippen molar-refractivity contribution in [1.82, 2.24) is 14.5 Å². The third-order valence-corrected chi connectivity index (χ3v) is 9.14. The Hall–Kier alpha value is -5.72. The molecule has 0 amide bonds. The van der Waals surface area contributed by atoms with Gasteiger partial charge in [0.2, 0.25) is 0 Å². The summed E-state index contributed by atoms with van der Waals surface area (Å²) in [5.41, 5.74) is 9.04. The monoisotopic (exact) mass is 601 g/mol. The molecule has 0 fully saturated rings. The minimum atomic E-state index is 0.104. The number of rotatable bonds is 6. The Kier molecular flexibility index (Phi) is 6.62. The Morgan fingerprint density at radius 1 is 0.644 bits per heavy atom. The van der Waals surface area contributed by atoms with E-state index >= 15 is 0 Å². The number of hydrogen-bond donors (Lipinski definition) is 1. The zero-order chi connectivity index (χ0) is 30.3. The van der Waals surface area contributed by atoms with Crippen LogP contribution in [0.3, 0.4) is 0 Å². The molecule has 0 saturated heterocycles. The molecule has 216 valence electrons. The van der Waals surface area contributed by atoms with Crippen LogP contribution in [-0.2, 0) is 0 Å². The molecule has 8 rings (SSSR count). The van der Waals surface area contributed by atoms with Crippen molar-refractivity contribution < 1.29 is 9.84 Å². The Bertz CT molecular complexity index is 2280. The fourth-order valence-electron chi connectivity index (χ4n) is 5.96. The van der Waals surface area contributed by atoms with Crippen molar-refractivity contribution in [3.63, 3.8) is 0 Å². The maximum Gasteiger partial charge on any atom is 0.149 e. The fraction of sp³-hybridized carbons (Fsp3) is 0.0256. The van der Waals surface area contributed by atoms with Gasteiger partial charge >= 0.3 is 0 Å². The third kappa shape index (κ3) is 4.63. The Morgan fingerprint density at radius 2 is 1.29 bits per heavy atom. The number of aromatic hydroxyl groups is 1. The summed E-state index contributed by atoms with van der Waals surface area (Å²) >= 11 is 1.54. The molecule has 1 N–H and O–H groups in total. The number of thiazole rings is 1. The van der Waals surface area contributed by atoms with E-state index < -0.39 is 0 Å². The molecule has 0 radical (unpaired) electrons. The van der Waals surface area contributed by atoms with Crippen molar-refractivity contribution >= 4 is 32.6 Å². The van der Waals surface area contributed by atoms with E-state index in [9.17, 15) is 5.11 Å². The average Bonchev–Trinajstić information content (AvgIpc) is 3.71. The number of benzene rings is 6. The van der Waals surface area contributed by atoms with Crippen LogP contribution >= 0.6 is 11.3 Å². The number of ether oxygens (including phenoxy) is 1. The van der Waals surface area contributed by atoms with Gasteiger partial charge in [-0.3, -0.25) is 4.57 Å². The van der Waals surface area contributed by atoms with Crippen LogP contribution in [0.5, 0.6) is 11.5 Å². The summed E-state index contributed by atoms with van der Waals surface area (Å²) in [6.45, 7) is 0. The van der Waals surface area contributed by atoms with Crippen LogP contribution in [0.15, 0.2) is 140 Å². The summed E-state index contributed by atoms with van der Waals surface area (Å²) < 4.78 is 8.95. The highest BCUT2D eigenvalue weighted by Gasteiger charge is 2.25. The van der Waals surface area contributed by atoms with Crippen molar-refractivity contribution in [1.29, 1.82) is 0 Å². The van der Waals surface area contributed by atoms with E-state index in [4.69, 9.17) is 14.7 Å². The number of para-hydroxylation sites is 2. The first-order valence-electron chi connectivity index (χ1n) is 14.7. The molecular formula is C39H27N3O2S. The average molecular weight is 602 g/mol. The van der Waals surface area contributed by atoms with Gasteiger partial charge < -0.3 is 9.84 Å². The van der Waals surface area contributed by atoms with Gasteiger partial charge in [-0.1, -0.05) is 97.1 Å². The minimum Gasteiger partial charge on any atom is -0.506 e. The quantitative estimate of drug-likeness (QED) is 0.206. The smallest absolute Gasteiger partial charge is 0.149 e. The van der Waals surface area contributed by atoms with Crippen LogP contribution < -0.4 is 4.74 Å². The summed E-state index contributed by atoms with van der Waals surface area (Å²) in [4.78, 5) is 10.2. The topological polar surface area (TPSA) is 60.2 Å². The molecule has 6 heteroatoms. The summed E-state index contributed by atoms with van der Waals surface area (Å²) in [6, 6.07) is 46.9. The van der Waals surface area contributed by atoms with Gasteiger partial charge in [0, 0.05) is 11.3 Å². The lowest BCUT2D eigenvalue weighted by Crippen LogP contribution is -1.99. The lowest BCUT2D eigenvalue weighted by Gasteiger charge is -2.14. The highest BCUT2D eigenvalue weighted by atomic mass is 32.1. The van der Waals surface area contributed by atoms with Crippen molar-refractivity contribution in [2.24, 2.45) is 0 Å². The van der Waals surface area contributed by atoms with Crippen LogP contribution in [-0.4, -0.2) is 26.8 Å². The number of fused-ring (bicyclic) bond motifs is 2. The highest BCUT2D eigenvalue weighted by Crippen LogP contribution is 2.46. The second-order valence-electron chi connectivity index (χ2n) is 10.8. The van der Waals surface area contributed by atoms with Crippen molar-refractivity contribution in [3.8, 4) is 61.4 Å². The summed E-state index contributed by atoms with van der Waals surface area (Å²) in [7, 11) is 1.64. The minimum absolute atomic E-state index is 0.104. The van der Waals surface area contributed by atoms with Gasteiger partial charge in [0.1, 0.15) is 22.3 Å². The molecule has 8 aromatic rings. The number of nitrogens with zero attached hydrogens (tertiary/aromatic N) is 3. The number of imidazole rings is 1. The van der Waals surface area contributed by atoms with E-state index in [-0.39, 0.29) is 5.75 Å². The SMILES string of the molecule is COc1cc(-c2nc3ccccc3s2)c(O)c(-c2nc3c(-c4ccccc4)c(-c4ccccc4)ccc3n2-c2ccccc2)c1. The van der Waals surface area contributed by atoms with Crippen LogP contribution in [0.4, 0.5) is 0 Å². The second-order valence-corrected chi connectivity index (χ2v) is 11.8. The molecule has 2 aromatic heterocycles. The molecule has 0 unspecified atom stereocenters. The molecular weight excluding hydrogens is 575 g/mol. The van der Waals surface area contributed by atoms with Crippen LogP contribution in [0, 0.1) is 0 Å². The van der Waals surface area contributed by atoms with Crippen LogP contribution in [0.25, 0.3) is 71.2 Å². The van der Waals surface area contributed by atoms with E-state index in [1.165, 1.54) is 11.3 Å². The molecule has 0 spiro atoms. The Balaban J connectivity index is 1.46. The first-order chi connectivity index (χ1) is 22.2. The second kappa shape index (κ2) is 11.1. The molecule has 5 nitrogen and oxygen atoms in total. The van der Waals surface area contributed by atoms with Crippen LogP contribution in [0.2, 0.25) is 0 Å². The number of phenolic OH excluding ortho intramolecular Hbond substituents is 1. The molecule has 0 atom stereocenters. The highest BCUT2D eigenvalue weighted by molar-refractivity contribution is 7.21. The predicted octanol–water partition coefficient (Wildman–Crippen LogP) is 10.0. The number of methoxy groups -OCH3 is 1. The van der Waals surface area contributed by atoms with E-state index in [0.29, 0.717) is 27.7 Å². The third-order valence-electron chi connectivity index (χ3n) is 8.07. The van der Waals surface area contributed by atoms with E-state index in [1.807, 2.05) is 66.7 Å². The largest absolute Gasteiger partial charge is 0.506 e. The van der Waals surface area contributed by atoms with Gasteiger partial charge in [-0.2, -0.15) is 0 Å². The normalized spacial score (nSPS) is 11.3. The maximum absolute atomic E-state index is 12.0. The van der Waals surface area contributed by atoms with E-state index in [0.717, 1.165) is 49.2 Å². The molecule has 0 aliphatic carbocycles. The molecule has 0 aliphatic heterocycles. The van der Waals surface area contributed by atoms with Gasteiger partial charge in [0.15, 0.2) is 0 Å². The fourth-order valence-corrected chi connectivity index (χ4v) is 6.95. The number of aromatic nitrogens is 3. The maximum atomic E-state index is 12.0. The first kappa shape index (κ1) is 26.9. The van der Waals surface area contributed by atoms with E-state index in [2.05, 4.69) is 77.4 Å². The lowest BCUT2D eigenvalue weighted by molar-refractivity contribution is 0.413. The molecule has 0 saturated carbocycles. The lowest BCUT2D eigenvalue weighted by atomic mass is 9.93. The Morgan fingerprint density at radius 3 is 2.00 bits per heavy atom. The first-order valence-corrected chi connectivity index (χ1v) is 15.5. The number of phenols is 1. The summed E-state index contributed by atoms with van der Waals surface area (Å²) in [5.74, 6) is 1.32. The van der Waals surface area contributed by atoms with Crippen molar-refractivity contribution in [2.45, 2.75) is 0 Å². The standard InChI is InChI=1S/C39H27N3O2S/c1-44-28-23-30(37(43)31(24-28)39-40-32-19-11-12-20-34(32)45-39)38-41-36-33(42(38)27-17-9-4-10-18-27)22-21-29(25-13-5-2-6-14-25)35(36)26-15-7-3-8-16-26/h2-24,43H,1H3. The zero-order valence-electron chi connectivity index (χ0n) is 24.4. The van der Waals surface area contributed by atoms with Gasteiger partial charge in [0.25, 0.3) is 0 Å². The molecule has 0 aliphatic rings. The molecule has 6 aromatic carbocycles. The van der Waals surface area contributed by atoms with Gasteiger partial charge in [-0.15, -0.1) is 11.3 Å². The molecule has 45 heavy (non-hydrogen) atoms. The summed E-state index contributed by atoms with van der Waals surface area (Å²) in [6.07, 6.45) is 0. The van der Waals surface area contributed by atoms with Gasteiger partial charge in [-0.25, -0.2) is 9.97 Å². The van der Waals surface area contributed by atoms with Crippen molar-refractivity contribution in [2.75, 3.05) is 7.11 Å². The zero-order valence-corrected chi connectivity index (χ0v) is 25.2. The predicted molar refractivity (Wildman–Crippen MR) is 184 cm³/mol. The van der Waals surface area contributed by atoms with E-state index in [1.54, 1.807) is 7.11 Å². The Labute approximate surface area is 264 Å². The van der Waals surface area contributed by atoms with Crippen molar-refractivity contribution in [3.05, 3.63) is 140 Å². The van der Waals surface area contributed by atoms with Crippen LogP contribution in [0.1, 0.15) is 0 Å². The summed E-state index contributed by atoms with van der Waals surface area (Å²) in [5, 5.41) is 12.7.